The summed E-state index contributed by atoms with van der Waals surface area (Å²) in [6.07, 6.45) is 5.11. The molecule has 1 atom stereocenters. The van der Waals surface area contributed by atoms with E-state index in [1.54, 1.807) is 19.1 Å². The molecular weight excluding hydrogens is 442 g/mol. The molecule has 182 valence electrons. The average Bonchev–Trinajstić information content (AvgIpc) is 2.97. The van der Waals surface area contributed by atoms with Gasteiger partial charge in [0, 0.05) is 6.26 Å². The van der Waals surface area contributed by atoms with Gasteiger partial charge >= 0.3 is 6.03 Å². The molecule has 1 aliphatic heterocycles. The van der Waals surface area contributed by atoms with Crippen LogP contribution in [0.3, 0.4) is 0 Å². The van der Waals surface area contributed by atoms with Gasteiger partial charge in [-0.25, -0.2) is 13.2 Å². The Morgan fingerprint density at radius 1 is 1.21 bits per heavy atom. The third-order valence-corrected chi connectivity index (χ3v) is 8.72. The maximum Gasteiger partial charge on any atom is 0.325 e. The number of urea groups is 1. The molecule has 1 heterocycles. The Balaban J connectivity index is 1.60. The van der Waals surface area contributed by atoms with Gasteiger partial charge in [-0.05, 0) is 61.6 Å². The lowest BCUT2D eigenvalue weighted by Crippen LogP contribution is -2.51. The quantitative estimate of drug-likeness (QED) is 0.586. The summed E-state index contributed by atoms with van der Waals surface area (Å²) in [4.78, 5) is 39.5. The molecule has 3 rings (SSSR count). The monoisotopic (exact) mass is 477 g/mol. The van der Waals surface area contributed by atoms with Crippen LogP contribution < -0.4 is 10.6 Å². The number of nitrogens with one attached hydrogen (secondary N) is 2. The van der Waals surface area contributed by atoms with Crippen molar-refractivity contribution in [1.82, 2.24) is 15.5 Å². The van der Waals surface area contributed by atoms with Crippen molar-refractivity contribution in [3.8, 4) is 0 Å². The molecular formula is C24H35N3O5S. The van der Waals surface area contributed by atoms with E-state index in [0.29, 0.717) is 18.8 Å². The zero-order valence-corrected chi connectivity index (χ0v) is 20.9. The van der Waals surface area contributed by atoms with Gasteiger partial charge in [0.25, 0.3) is 5.91 Å². The van der Waals surface area contributed by atoms with Crippen molar-refractivity contribution >= 4 is 27.7 Å². The van der Waals surface area contributed by atoms with E-state index in [1.807, 2.05) is 0 Å². The molecule has 2 fully saturated rings. The second kappa shape index (κ2) is 9.08. The second-order valence-corrected chi connectivity index (χ2v) is 12.2. The lowest BCUT2D eigenvalue weighted by Gasteiger charge is -2.42. The maximum atomic E-state index is 13.1. The molecule has 0 aromatic heterocycles. The molecule has 1 saturated heterocycles. The van der Waals surface area contributed by atoms with Crippen molar-refractivity contribution in [3.63, 3.8) is 0 Å². The molecule has 1 unspecified atom stereocenters. The molecule has 33 heavy (non-hydrogen) atoms. The van der Waals surface area contributed by atoms with Crippen molar-refractivity contribution < 1.29 is 22.8 Å². The first-order valence-corrected chi connectivity index (χ1v) is 13.4. The lowest BCUT2D eigenvalue weighted by molar-refractivity contribution is -0.136. The van der Waals surface area contributed by atoms with Crippen molar-refractivity contribution in [2.75, 3.05) is 12.8 Å². The molecule has 0 bridgehead atoms. The van der Waals surface area contributed by atoms with Crippen LogP contribution in [0.4, 0.5) is 4.79 Å². The molecule has 4 amide bonds. The van der Waals surface area contributed by atoms with Gasteiger partial charge in [0.2, 0.25) is 5.91 Å². The summed E-state index contributed by atoms with van der Waals surface area (Å²) in [7, 11) is -3.30. The minimum Gasteiger partial charge on any atom is -0.348 e. The van der Waals surface area contributed by atoms with Crippen molar-refractivity contribution in [1.29, 1.82) is 0 Å². The van der Waals surface area contributed by atoms with Gasteiger partial charge < -0.3 is 10.6 Å². The van der Waals surface area contributed by atoms with E-state index < -0.39 is 33.4 Å². The fourth-order valence-electron chi connectivity index (χ4n) is 4.86. The highest BCUT2D eigenvalue weighted by atomic mass is 32.2. The predicted molar refractivity (Wildman–Crippen MR) is 125 cm³/mol. The van der Waals surface area contributed by atoms with Crippen molar-refractivity contribution in [2.45, 2.75) is 76.3 Å². The standard InChI is InChI=1S/C24H35N3O5S/c1-6-23(3,4)18-11-13-24(14-12-18)21(29)27(22(30)26-24)15-20(28)25-16(2)17-7-9-19(10-8-17)33(5,31)32/h7-10,16,18H,6,11-15H2,1-5H3,(H,25,28)(H,26,30). The van der Waals surface area contributed by atoms with Gasteiger partial charge in [0.15, 0.2) is 9.84 Å². The van der Waals surface area contributed by atoms with E-state index in [9.17, 15) is 22.8 Å². The van der Waals surface area contributed by atoms with E-state index >= 15 is 0 Å². The number of carbonyl (C=O) groups excluding carboxylic acids is 3. The Kier molecular flexibility index (Phi) is 6.94. The normalized spacial score (nSPS) is 24.6. The molecule has 1 saturated carbocycles. The van der Waals surface area contributed by atoms with Crippen molar-refractivity contribution in [3.05, 3.63) is 29.8 Å². The number of nitrogens with zero attached hydrogens (tertiary/aromatic N) is 1. The van der Waals surface area contributed by atoms with E-state index in [-0.39, 0.29) is 22.8 Å². The second-order valence-electron chi connectivity index (χ2n) is 10.2. The van der Waals surface area contributed by atoms with Crippen LogP contribution in [0, 0.1) is 11.3 Å². The summed E-state index contributed by atoms with van der Waals surface area (Å²) >= 11 is 0. The molecule has 1 aromatic carbocycles. The Bertz CT molecular complexity index is 1020. The Morgan fingerprint density at radius 2 is 1.79 bits per heavy atom. The molecule has 0 radical (unpaired) electrons. The first-order valence-electron chi connectivity index (χ1n) is 11.5. The minimum atomic E-state index is -3.30. The van der Waals surface area contributed by atoms with E-state index in [1.165, 1.54) is 12.1 Å². The van der Waals surface area contributed by atoms with Crippen LogP contribution in [0.25, 0.3) is 0 Å². The summed E-state index contributed by atoms with van der Waals surface area (Å²) in [5, 5.41) is 5.66. The first-order chi connectivity index (χ1) is 15.3. The SMILES string of the molecule is CCC(C)(C)C1CCC2(CC1)NC(=O)N(CC(=O)NC(C)c1ccc(S(C)(=O)=O)cc1)C2=O. The molecule has 1 aliphatic carbocycles. The third kappa shape index (κ3) is 5.23. The Morgan fingerprint density at radius 3 is 2.30 bits per heavy atom. The Hall–Kier alpha value is -2.42. The van der Waals surface area contributed by atoms with Crippen LogP contribution in [0.2, 0.25) is 0 Å². The number of carbonyl (C=O) groups is 3. The topological polar surface area (TPSA) is 113 Å². The number of hydrogen-bond acceptors (Lipinski definition) is 5. The first kappa shape index (κ1) is 25.2. The smallest absolute Gasteiger partial charge is 0.325 e. The molecule has 2 N–H and O–H groups in total. The van der Waals surface area contributed by atoms with Gasteiger partial charge in [-0.15, -0.1) is 0 Å². The zero-order valence-electron chi connectivity index (χ0n) is 20.1. The number of amides is 4. The summed E-state index contributed by atoms with van der Waals surface area (Å²) in [5.41, 5.74) is 0.0223. The fourth-order valence-corrected chi connectivity index (χ4v) is 5.49. The minimum absolute atomic E-state index is 0.197. The highest BCUT2D eigenvalue weighted by Gasteiger charge is 2.53. The largest absolute Gasteiger partial charge is 0.348 e. The third-order valence-electron chi connectivity index (χ3n) is 7.59. The van der Waals surface area contributed by atoms with Crippen LogP contribution in [-0.4, -0.2) is 49.5 Å². The maximum absolute atomic E-state index is 13.1. The van der Waals surface area contributed by atoms with E-state index in [4.69, 9.17) is 0 Å². The highest BCUT2D eigenvalue weighted by molar-refractivity contribution is 7.90. The predicted octanol–water partition coefficient (Wildman–Crippen LogP) is 3.18. The summed E-state index contributed by atoms with van der Waals surface area (Å²) in [6.45, 7) is 8.09. The number of rotatable bonds is 7. The van der Waals surface area contributed by atoms with Gasteiger partial charge in [0.05, 0.1) is 10.9 Å². The molecule has 9 heteroatoms. The van der Waals surface area contributed by atoms with Gasteiger partial charge in [0.1, 0.15) is 12.1 Å². The molecule has 8 nitrogen and oxygen atoms in total. The van der Waals surface area contributed by atoms with Crippen LogP contribution >= 0.6 is 0 Å². The zero-order chi connectivity index (χ0) is 24.6. The molecule has 2 aliphatic rings. The molecule has 1 spiro atoms. The van der Waals surface area contributed by atoms with Gasteiger partial charge in [-0.1, -0.05) is 39.3 Å². The van der Waals surface area contributed by atoms with Crippen molar-refractivity contribution in [2.24, 2.45) is 11.3 Å². The van der Waals surface area contributed by atoms with Crippen LogP contribution in [0.15, 0.2) is 29.2 Å². The summed E-state index contributed by atoms with van der Waals surface area (Å²) in [6, 6.07) is 5.33. The van der Waals surface area contributed by atoms with E-state index in [0.717, 1.165) is 36.0 Å². The van der Waals surface area contributed by atoms with Crippen LogP contribution in [-0.2, 0) is 19.4 Å². The molecule has 1 aromatic rings. The van der Waals surface area contributed by atoms with Gasteiger partial charge in [-0.2, -0.15) is 0 Å². The number of imide groups is 1. The summed E-state index contributed by atoms with van der Waals surface area (Å²) < 4.78 is 23.2. The van der Waals surface area contributed by atoms with E-state index in [2.05, 4.69) is 31.4 Å². The number of sulfone groups is 1. The van der Waals surface area contributed by atoms with Crippen LogP contribution in [0.5, 0.6) is 0 Å². The average molecular weight is 478 g/mol. The lowest BCUT2D eigenvalue weighted by atomic mass is 9.65. The number of hydrogen-bond donors (Lipinski definition) is 2. The highest BCUT2D eigenvalue weighted by Crippen LogP contribution is 2.45. The van der Waals surface area contributed by atoms with Gasteiger partial charge in [-0.3, -0.25) is 14.5 Å². The fraction of sp³-hybridized carbons (Fsp3) is 0.625. The summed E-state index contributed by atoms with van der Waals surface area (Å²) in [5.74, 6) is -0.262. The van der Waals surface area contributed by atoms with Crippen LogP contribution in [0.1, 0.15) is 71.4 Å². The number of benzene rings is 1. The Labute approximate surface area is 196 Å².